The van der Waals surface area contributed by atoms with E-state index in [0.717, 1.165) is 5.69 Å². The van der Waals surface area contributed by atoms with Gasteiger partial charge in [0.05, 0.1) is 5.54 Å². The van der Waals surface area contributed by atoms with Gasteiger partial charge in [0, 0.05) is 18.2 Å². The zero-order chi connectivity index (χ0) is 12.8. The lowest BCUT2D eigenvalue weighted by Crippen LogP contribution is -2.49. The zero-order valence-electron chi connectivity index (χ0n) is 10.9. The molecule has 1 heterocycles. The molecular formula is C14H20N2O. The molecule has 2 N–H and O–H groups in total. The number of hydrogen-bond acceptors (Lipinski definition) is 2. The van der Waals surface area contributed by atoms with Gasteiger partial charge in [-0.25, -0.2) is 0 Å². The minimum absolute atomic E-state index is 0.100. The maximum absolute atomic E-state index is 12.0. The molecule has 3 nitrogen and oxygen atoms in total. The van der Waals surface area contributed by atoms with E-state index in [1.807, 2.05) is 24.8 Å². The molecule has 1 aromatic rings. The molecule has 1 saturated heterocycles. The van der Waals surface area contributed by atoms with E-state index in [-0.39, 0.29) is 17.5 Å². The molecule has 3 heteroatoms. The first-order valence-corrected chi connectivity index (χ1v) is 6.00. The molecule has 17 heavy (non-hydrogen) atoms. The Balaban J connectivity index is 2.45. The van der Waals surface area contributed by atoms with Crippen molar-refractivity contribution in [3.8, 4) is 0 Å². The molecule has 0 bridgehead atoms. The van der Waals surface area contributed by atoms with Crippen LogP contribution in [-0.4, -0.2) is 17.5 Å². The van der Waals surface area contributed by atoms with Crippen LogP contribution in [0.4, 0.5) is 5.69 Å². The molecule has 0 aromatic heterocycles. The average Bonchev–Trinajstić information content (AvgIpc) is 2.42. The van der Waals surface area contributed by atoms with Gasteiger partial charge in [0.25, 0.3) is 0 Å². The van der Waals surface area contributed by atoms with Crippen LogP contribution in [0.5, 0.6) is 0 Å². The van der Waals surface area contributed by atoms with Gasteiger partial charge < -0.3 is 10.6 Å². The summed E-state index contributed by atoms with van der Waals surface area (Å²) in [5.74, 6) is 0.116. The van der Waals surface area contributed by atoms with Gasteiger partial charge in [-0.1, -0.05) is 6.07 Å². The average molecular weight is 232 g/mol. The van der Waals surface area contributed by atoms with Crippen LogP contribution in [0.2, 0.25) is 0 Å². The summed E-state index contributed by atoms with van der Waals surface area (Å²) in [5.41, 5.74) is 9.12. The maximum atomic E-state index is 12.0. The third kappa shape index (κ3) is 1.84. The summed E-state index contributed by atoms with van der Waals surface area (Å²) in [5, 5.41) is 0. The lowest BCUT2D eigenvalue weighted by molar-refractivity contribution is -0.117. The normalized spacial score (nSPS) is 23.2. The molecule has 0 saturated carbocycles. The fraction of sp³-hybridized carbons (Fsp3) is 0.500. The number of benzene rings is 1. The van der Waals surface area contributed by atoms with Crippen LogP contribution in [0, 0.1) is 13.8 Å². The number of rotatable bonds is 1. The highest BCUT2D eigenvalue weighted by Crippen LogP contribution is 2.34. The van der Waals surface area contributed by atoms with Gasteiger partial charge in [0.2, 0.25) is 5.91 Å². The molecule has 92 valence electrons. The van der Waals surface area contributed by atoms with E-state index in [0.29, 0.717) is 6.42 Å². The Kier molecular flexibility index (Phi) is 2.74. The fourth-order valence-electron chi connectivity index (χ4n) is 2.36. The van der Waals surface area contributed by atoms with E-state index in [4.69, 9.17) is 5.73 Å². The SMILES string of the molecule is Cc1ccc(N2C(=O)CC(N)C2(C)C)cc1C. The number of aryl methyl sites for hydroxylation is 2. The smallest absolute Gasteiger partial charge is 0.229 e. The summed E-state index contributed by atoms with van der Waals surface area (Å²) in [7, 11) is 0. The maximum Gasteiger partial charge on any atom is 0.229 e. The molecule has 0 radical (unpaired) electrons. The second-order valence-corrected chi connectivity index (χ2v) is 5.46. The van der Waals surface area contributed by atoms with Crippen molar-refractivity contribution >= 4 is 11.6 Å². The number of amides is 1. The van der Waals surface area contributed by atoms with Crippen LogP contribution >= 0.6 is 0 Å². The molecule has 0 spiro atoms. The number of nitrogens with zero attached hydrogens (tertiary/aromatic N) is 1. The van der Waals surface area contributed by atoms with Crippen molar-refractivity contribution in [1.82, 2.24) is 0 Å². The van der Waals surface area contributed by atoms with Crippen molar-refractivity contribution in [3.05, 3.63) is 29.3 Å². The van der Waals surface area contributed by atoms with E-state index in [1.54, 1.807) is 0 Å². The number of anilines is 1. The Morgan fingerprint density at radius 1 is 1.29 bits per heavy atom. The predicted octanol–water partition coefficient (Wildman–Crippen LogP) is 2.15. The summed E-state index contributed by atoms with van der Waals surface area (Å²) in [6.45, 7) is 8.18. The summed E-state index contributed by atoms with van der Waals surface area (Å²) in [4.78, 5) is 13.9. The van der Waals surface area contributed by atoms with Crippen LogP contribution in [0.1, 0.15) is 31.4 Å². The fourth-order valence-corrected chi connectivity index (χ4v) is 2.36. The van der Waals surface area contributed by atoms with Crippen molar-refractivity contribution < 1.29 is 4.79 Å². The van der Waals surface area contributed by atoms with Crippen molar-refractivity contribution in [2.75, 3.05) is 4.90 Å². The van der Waals surface area contributed by atoms with Gasteiger partial charge >= 0.3 is 0 Å². The van der Waals surface area contributed by atoms with E-state index in [2.05, 4.69) is 26.0 Å². The van der Waals surface area contributed by atoms with Crippen LogP contribution in [0.15, 0.2) is 18.2 Å². The van der Waals surface area contributed by atoms with Crippen molar-refractivity contribution in [3.63, 3.8) is 0 Å². The Hall–Kier alpha value is -1.35. The standard InChI is InChI=1S/C14H20N2O/c1-9-5-6-11(7-10(9)2)16-13(17)8-12(15)14(16,3)4/h5-7,12H,8,15H2,1-4H3. The number of hydrogen-bond donors (Lipinski definition) is 1. The van der Waals surface area contributed by atoms with Gasteiger partial charge in [0.15, 0.2) is 0 Å². The van der Waals surface area contributed by atoms with E-state index in [1.165, 1.54) is 11.1 Å². The topological polar surface area (TPSA) is 46.3 Å². The second-order valence-electron chi connectivity index (χ2n) is 5.46. The number of carbonyl (C=O) groups excluding carboxylic acids is 1. The first-order valence-electron chi connectivity index (χ1n) is 6.00. The highest BCUT2D eigenvalue weighted by Gasteiger charge is 2.44. The summed E-state index contributed by atoms with van der Waals surface area (Å²) < 4.78 is 0. The lowest BCUT2D eigenvalue weighted by atomic mass is 9.96. The molecule has 1 aliphatic rings. The molecule has 1 unspecified atom stereocenters. The van der Waals surface area contributed by atoms with E-state index < -0.39 is 0 Å². The van der Waals surface area contributed by atoms with E-state index in [9.17, 15) is 4.79 Å². The Labute approximate surface area is 103 Å². The van der Waals surface area contributed by atoms with Gasteiger partial charge in [-0.2, -0.15) is 0 Å². The van der Waals surface area contributed by atoms with E-state index >= 15 is 0 Å². The molecule has 1 fully saturated rings. The first kappa shape index (κ1) is 12.1. The molecule has 1 amide bonds. The van der Waals surface area contributed by atoms with Crippen LogP contribution in [0.3, 0.4) is 0 Å². The molecule has 1 aliphatic heterocycles. The summed E-state index contributed by atoms with van der Waals surface area (Å²) >= 11 is 0. The molecular weight excluding hydrogens is 212 g/mol. The largest absolute Gasteiger partial charge is 0.325 e. The lowest BCUT2D eigenvalue weighted by Gasteiger charge is -2.34. The van der Waals surface area contributed by atoms with Crippen molar-refractivity contribution in [2.45, 2.75) is 45.7 Å². The highest BCUT2D eigenvalue weighted by atomic mass is 16.2. The van der Waals surface area contributed by atoms with Gasteiger partial charge in [-0.15, -0.1) is 0 Å². The van der Waals surface area contributed by atoms with Crippen LogP contribution in [0.25, 0.3) is 0 Å². The van der Waals surface area contributed by atoms with Gasteiger partial charge in [-0.05, 0) is 51.0 Å². The summed E-state index contributed by atoms with van der Waals surface area (Å²) in [6.07, 6.45) is 0.430. The second kappa shape index (κ2) is 3.84. The minimum atomic E-state index is -0.307. The first-order chi connectivity index (χ1) is 7.84. The molecule has 2 rings (SSSR count). The van der Waals surface area contributed by atoms with Gasteiger partial charge in [0.1, 0.15) is 0 Å². The van der Waals surface area contributed by atoms with Gasteiger partial charge in [-0.3, -0.25) is 4.79 Å². The Morgan fingerprint density at radius 2 is 1.94 bits per heavy atom. The zero-order valence-corrected chi connectivity index (χ0v) is 10.9. The molecule has 1 atom stereocenters. The van der Waals surface area contributed by atoms with Crippen molar-refractivity contribution in [1.29, 1.82) is 0 Å². The van der Waals surface area contributed by atoms with Crippen LogP contribution < -0.4 is 10.6 Å². The number of nitrogens with two attached hydrogens (primary N) is 1. The van der Waals surface area contributed by atoms with Crippen LogP contribution in [-0.2, 0) is 4.79 Å². The Bertz CT molecular complexity index is 465. The monoisotopic (exact) mass is 232 g/mol. The highest BCUT2D eigenvalue weighted by molar-refractivity contribution is 5.98. The predicted molar refractivity (Wildman–Crippen MR) is 70.1 cm³/mol. The summed E-state index contributed by atoms with van der Waals surface area (Å²) in [6, 6.07) is 6.02. The third-order valence-electron chi connectivity index (χ3n) is 3.88. The third-order valence-corrected chi connectivity index (χ3v) is 3.88. The minimum Gasteiger partial charge on any atom is -0.325 e. The van der Waals surface area contributed by atoms with Crippen molar-refractivity contribution in [2.24, 2.45) is 5.73 Å². The Morgan fingerprint density at radius 3 is 2.41 bits per heavy atom. The quantitative estimate of drug-likeness (QED) is 0.806. The number of carbonyl (C=O) groups is 1. The molecule has 0 aliphatic carbocycles. The molecule has 1 aromatic carbocycles.